The summed E-state index contributed by atoms with van der Waals surface area (Å²) in [5.41, 5.74) is 0. The second-order valence-corrected chi connectivity index (χ2v) is 8.34. The zero-order valence-electron chi connectivity index (χ0n) is 10.9. The SMILES string of the molecule is O=S(=O)(NCC1CC2CCC1C2)C1CCCNC1. The minimum atomic E-state index is -3.10. The summed E-state index contributed by atoms with van der Waals surface area (Å²) in [6, 6.07) is 0. The first kappa shape index (κ1) is 12.9. The van der Waals surface area contributed by atoms with E-state index in [-0.39, 0.29) is 5.25 Å². The lowest BCUT2D eigenvalue weighted by atomic mass is 9.89. The Balaban J connectivity index is 1.52. The van der Waals surface area contributed by atoms with Crippen molar-refractivity contribution in [3.8, 4) is 0 Å². The number of fused-ring (bicyclic) bond motifs is 2. The molecule has 2 bridgehead atoms. The molecule has 5 heteroatoms. The summed E-state index contributed by atoms with van der Waals surface area (Å²) in [6.45, 7) is 2.25. The first-order chi connectivity index (χ1) is 8.65. The summed E-state index contributed by atoms with van der Waals surface area (Å²) in [4.78, 5) is 0. The van der Waals surface area contributed by atoms with Gasteiger partial charge < -0.3 is 5.32 Å². The molecular weight excluding hydrogens is 248 g/mol. The summed E-state index contributed by atoms with van der Waals surface area (Å²) < 4.78 is 27.3. The van der Waals surface area contributed by atoms with Gasteiger partial charge in [-0.3, -0.25) is 0 Å². The van der Waals surface area contributed by atoms with Crippen molar-refractivity contribution in [3.63, 3.8) is 0 Å². The second kappa shape index (κ2) is 5.10. The third-order valence-corrected chi connectivity index (χ3v) is 6.97. The zero-order chi connectivity index (χ0) is 12.6. The van der Waals surface area contributed by atoms with Gasteiger partial charge in [-0.15, -0.1) is 0 Å². The quantitative estimate of drug-likeness (QED) is 0.805. The fourth-order valence-electron chi connectivity index (χ4n) is 4.05. The van der Waals surface area contributed by atoms with Crippen molar-refractivity contribution in [1.82, 2.24) is 10.0 Å². The molecule has 4 atom stereocenters. The molecule has 1 aliphatic heterocycles. The lowest BCUT2D eigenvalue weighted by Crippen LogP contribution is -2.45. The molecular formula is C13H24N2O2S. The molecule has 0 radical (unpaired) electrons. The van der Waals surface area contributed by atoms with E-state index in [1.54, 1.807) is 0 Å². The van der Waals surface area contributed by atoms with Gasteiger partial charge >= 0.3 is 0 Å². The number of hydrogen-bond donors (Lipinski definition) is 2. The van der Waals surface area contributed by atoms with E-state index >= 15 is 0 Å². The molecule has 0 amide bonds. The van der Waals surface area contributed by atoms with Crippen molar-refractivity contribution < 1.29 is 8.42 Å². The van der Waals surface area contributed by atoms with E-state index in [0.29, 0.717) is 19.0 Å². The van der Waals surface area contributed by atoms with Gasteiger partial charge in [0, 0.05) is 13.1 Å². The van der Waals surface area contributed by atoms with Gasteiger partial charge in [0.05, 0.1) is 5.25 Å². The largest absolute Gasteiger partial charge is 0.315 e. The summed E-state index contributed by atoms with van der Waals surface area (Å²) >= 11 is 0. The minimum Gasteiger partial charge on any atom is -0.315 e. The van der Waals surface area contributed by atoms with E-state index in [1.165, 1.54) is 25.7 Å². The van der Waals surface area contributed by atoms with Crippen LogP contribution in [0.15, 0.2) is 0 Å². The van der Waals surface area contributed by atoms with Crippen LogP contribution in [0.25, 0.3) is 0 Å². The molecule has 3 fully saturated rings. The Hall–Kier alpha value is -0.130. The lowest BCUT2D eigenvalue weighted by Gasteiger charge is -2.26. The van der Waals surface area contributed by atoms with Crippen molar-refractivity contribution in [1.29, 1.82) is 0 Å². The van der Waals surface area contributed by atoms with E-state index in [9.17, 15) is 8.42 Å². The normalized spacial score (nSPS) is 40.2. The predicted molar refractivity (Wildman–Crippen MR) is 71.8 cm³/mol. The average molecular weight is 272 g/mol. The smallest absolute Gasteiger partial charge is 0.215 e. The Bertz CT molecular complexity index is 390. The second-order valence-electron chi connectivity index (χ2n) is 6.30. The molecule has 4 unspecified atom stereocenters. The molecule has 1 heterocycles. The van der Waals surface area contributed by atoms with Crippen LogP contribution in [-0.2, 0) is 10.0 Å². The molecule has 3 aliphatic rings. The van der Waals surface area contributed by atoms with E-state index in [4.69, 9.17) is 0 Å². The number of sulfonamides is 1. The first-order valence-corrected chi connectivity index (χ1v) is 8.89. The van der Waals surface area contributed by atoms with Crippen LogP contribution >= 0.6 is 0 Å². The Morgan fingerprint density at radius 2 is 2.06 bits per heavy atom. The molecule has 104 valence electrons. The molecule has 0 aromatic heterocycles. The summed E-state index contributed by atoms with van der Waals surface area (Å²) in [5, 5.41) is 2.96. The fourth-order valence-corrected chi connectivity index (χ4v) is 5.55. The minimum absolute atomic E-state index is 0.218. The van der Waals surface area contributed by atoms with Crippen LogP contribution in [-0.4, -0.2) is 33.3 Å². The highest BCUT2D eigenvalue weighted by molar-refractivity contribution is 7.90. The summed E-state index contributed by atoms with van der Waals surface area (Å²) in [5.74, 6) is 2.29. The van der Waals surface area contributed by atoms with Crippen LogP contribution in [0.3, 0.4) is 0 Å². The molecule has 0 spiro atoms. The van der Waals surface area contributed by atoms with Gasteiger partial charge in [0.2, 0.25) is 10.0 Å². The third-order valence-electron chi connectivity index (χ3n) is 5.12. The number of rotatable bonds is 4. The highest BCUT2D eigenvalue weighted by Crippen LogP contribution is 2.47. The standard InChI is InChI=1S/C13H24N2O2S/c16-18(17,13-2-1-5-14-9-13)15-8-12-7-10-3-4-11(12)6-10/h10-15H,1-9H2. The summed E-state index contributed by atoms with van der Waals surface area (Å²) in [6.07, 6.45) is 7.06. The Morgan fingerprint density at radius 3 is 2.67 bits per heavy atom. The first-order valence-electron chi connectivity index (χ1n) is 7.34. The van der Waals surface area contributed by atoms with Gasteiger partial charge in [-0.1, -0.05) is 6.42 Å². The van der Waals surface area contributed by atoms with Crippen molar-refractivity contribution in [2.24, 2.45) is 17.8 Å². The number of piperidine rings is 1. The maximum absolute atomic E-state index is 12.2. The highest BCUT2D eigenvalue weighted by Gasteiger charge is 2.40. The third kappa shape index (κ3) is 2.58. The lowest BCUT2D eigenvalue weighted by molar-refractivity contribution is 0.332. The maximum Gasteiger partial charge on any atom is 0.215 e. The number of nitrogens with one attached hydrogen (secondary N) is 2. The van der Waals surface area contributed by atoms with E-state index in [0.717, 1.165) is 31.2 Å². The van der Waals surface area contributed by atoms with Crippen molar-refractivity contribution in [3.05, 3.63) is 0 Å². The van der Waals surface area contributed by atoms with Gasteiger partial charge in [-0.25, -0.2) is 13.1 Å². The molecule has 18 heavy (non-hydrogen) atoms. The monoisotopic (exact) mass is 272 g/mol. The van der Waals surface area contributed by atoms with E-state index in [1.807, 2.05) is 0 Å². The Kier molecular flexibility index (Phi) is 3.65. The van der Waals surface area contributed by atoms with Gasteiger partial charge in [0.25, 0.3) is 0 Å². The molecule has 2 N–H and O–H groups in total. The highest BCUT2D eigenvalue weighted by atomic mass is 32.2. The topological polar surface area (TPSA) is 58.2 Å². The summed E-state index contributed by atoms with van der Waals surface area (Å²) in [7, 11) is -3.10. The molecule has 3 rings (SSSR count). The molecule has 0 aromatic rings. The average Bonchev–Trinajstić information content (AvgIpc) is 3.00. The zero-order valence-corrected chi connectivity index (χ0v) is 11.7. The van der Waals surface area contributed by atoms with Gasteiger partial charge in [0.1, 0.15) is 0 Å². The van der Waals surface area contributed by atoms with Crippen molar-refractivity contribution in [2.45, 2.75) is 43.8 Å². The van der Waals surface area contributed by atoms with Gasteiger partial charge in [-0.05, 0) is 56.4 Å². The van der Waals surface area contributed by atoms with E-state index in [2.05, 4.69) is 10.0 Å². The fraction of sp³-hybridized carbons (Fsp3) is 1.00. The Labute approximate surface area is 110 Å². The molecule has 1 saturated heterocycles. The molecule has 4 nitrogen and oxygen atoms in total. The van der Waals surface area contributed by atoms with Crippen LogP contribution < -0.4 is 10.0 Å². The maximum atomic E-state index is 12.2. The van der Waals surface area contributed by atoms with Crippen LogP contribution in [0.1, 0.15) is 38.5 Å². The van der Waals surface area contributed by atoms with Crippen LogP contribution in [0.2, 0.25) is 0 Å². The van der Waals surface area contributed by atoms with Gasteiger partial charge in [-0.2, -0.15) is 0 Å². The van der Waals surface area contributed by atoms with Crippen molar-refractivity contribution >= 4 is 10.0 Å². The Morgan fingerprint density at radius 1 is 1.17 bits per heavy atom. The predicted octanol–water partition coefficient (Wildman–Crippen LogP) is 1.09. The van der Waals surface area contributed by atoms with Crippen LogP contribution in [0, 0.1) is 17.8 Å². The molecule has 0 aromatic carbocycles. The number of hydrogen-bond acceptors (Lipinski definition) is 3. The van der Waals surface area contributed by atoms with E-state index < -0.39 is 10.0 Å². The van der Waals surface area contributed by atoms with Crippen molar-refractivity contribution in [2.75, 3.05) is 19.6 Å². The molecule has 2 aliphatic carbocycles. The van der Waals surface area contributed by atoms with Crippen LogP contribution in [0.4, 0.5) is 0 Å². The van der Waals surface area contributed by atoms with Gasteiger partial charge in [0.15, 0.2) is 0 Å². The molecule has 2 saturated carbocycles. The van der Waals surface area contributed by atoms with Crippen LogP contribution in [0.5, 0.6) is 0 Å².